The maximum atomic E-state index is 15.5. The average Bonchev–Trinajstić information content (AvgIpc) is 2.97. The van der Waals surface area contributed by atoms with Crippen LogP contribution in [0.3, 0.4) is 0 Å². The molecule has 0 radical (unpaired) electrons. The minimum atomic E-state index is -1.31. The molecule has 4 saturated carbocycles. The van der Waals surface area contributed by atoms with Crippen LogP contribution in [0.4, 0.5) is 13.2 Å². The summed E-state index contributed by atoms with van der Waals surface area (Å²) in [6.07, 6.45) is 17.4. The van der Waals surface area contributed by atoms with Crippen molar-refractivity contribution in [1.82, 2.24) is 0 Å². The molecule has 0 aliphatic heterocycles. The first-order chi connectivity index (χ1) is 19.5. The van der Waals surface area contributed by atoms with Gasteiger partial charge in [0, 0.05) is 13.2 Å². The van der Waals surface area contributed by atoms with Gasteiger partial charge in [-0.2, -0.15) is 0 Å². The second-order valence-electron chi connectivity index (χ2n) is 14.3. The molecule has 7 atom stereocenters. The zero-order valence-corrected chi connectivity index (χ0v) is 25.9. The molecular weight excluding hydrogens is 509 g/mol. The van der Waals surface area contributed by atoms with Crippen LogP contribution in [0, 0.1) is 35.5 Å². The highest BCUT2D eigenvalue weighted by Gasteiger charge is 2.47. The number of ether oxygens (including phenoxy) is 2. The highest BCUT2D eigenvalue weighted by molar-refractivity contribution is 4.95. The van der Waals surface area contributed by atoms with Crippen molar-refractivity contribution in [2.24, 2.45) is 35.5 Å². The summed E-state index contributed by atoms with van der Waals surface area (Å²) < 4.78 is 58.0. The molecule has 40 heavy (non-hydrogen) atoms. The standard InChI is InChI=1S/C35H61F3O2/c1-3-5-7-8-9-25-12-21-33(32(36)23-25)40-24-26-10-13-27(14-11-26)30-19-20-31(35(38)34(30)37)28-15-17-29(18-16-28)39-22-6-4-2/h25-35H,3-24H2,1-2H3/t25?,26?,27?,28?,29?,30?,31?,32?,33?,34-,35?/m0/s1. The second kappa shape index (κ2) is 17.1. The largest absolute Gasteiger partial charge is 0.378 e. The van der Waals surface area contributed by atoms with Gasteiger partial charge in [0.05, 0.1) is 12.2 Å². The number of rotatable bonds is 14. The van der Waals surface area contributed by atoms with Crippen molar-refractivity contribution in [3.63, 3.8) is 0 Å². The van der Waals surface area contributed by atoms with E-state index in [0.29, 0.717) is 42.8 Å². The molecule has 4 fully saturated rings. The van der Waals surface area contributed by atoms with Crippen LogP contribution in [0.1, 0.15) is 142 Å². The molecule has 5 heteroatoms. The third-order valence-corrected chi connectivity index (χ3v) is 11.5. The van der Waals surface area contributed by atoms with E-state index in [4.69, 9.17) is 9.47 Å². The molecule has 0 N–H and O–H groups in total. The van der Waals surface area contributed by atoms with E-state index in [9.17, 15) is 4.39 Å². The topological polar surface area (TPSA) is 18.5 Å². The Bertz CT molecular complexity index is 676. The fourth-order valence-electron chi connectivity index (χ4n) is 8.77. The minimum Gasteiger partial charge on any atom is -0.378 e. The Balaban J connectivity index is 1.12. The molecule has 0 aromatic heterocycles. The van der Waals surface area contributed by atoms with E-state index in [1.165, 1.54) is 32.1 Å². The summed E-state index contributed by atoms with van der Waals surface area (Å²) >= 11 is 0. The summed E-state index contributed by atoms with van der Waals surface area (Å²) in [6, 6.07) is 0. The predicted molar refractivity (Wildman–Crippen MR) is 159 cm³/mol. The van der Waals surface area contributed by atoms with Crippen LogP contribution in [0.2, 0.25) is 0 Å². The van der Waals surface area contributed by atoms with E-state index >= 15 is 8.78 Å². The first-order valence-electron chi connectivity index (χ1n) is 17.6. The normalized spacial score (nSPS) is 41.2. The lowest BCUT2D eigenvalue weighted by Crippen LogP contribution is -2.45. The van der Waals surface area contributed by atoms with E-state index in [-0.39, 0.29) is 17.9 Å². The smallest absolute Gasteiger partial charge is 0.134 e. The number of hydrogen-bond acceptors (Lipinski definition) is 2. The van der Waals surface area contributed by atoms with Crippen LogP contribution in [0.15, 0.2) is 0 Å². The first-order valence-corrected chi connectivity index (χ1v) is 17.6. The van der Waals surface area contributed by atoms with Gasteiger partial charge in [-0.15, -0.1) is 0 Å². The van der Waals surface area contributed by atoms with E-state index in [1.807, 2.05) is 0 Å². The van der Waals surface area contributed by atoms with Crippen molar-refractivity contribution in [3.8, 4) is 0 Å². The Morgan fingerprint density at radius 2 is 1.18 bits per heavy atom. The van der Waals surface area contributed by atoms with E-state index in [2.05, 4.69) is 13.8 Å². The molecule has 0 spiro atoms. The Morgan fingerprint density at radius 3 is 1.77 bits per heavy atom. The zero-order chi connectivity index (χ0) is 28.3. The van der Waals surface area contributed by atoms with Crippen molar-refractivity contribution in [2.75, 3.05) is 13.2 Å². The number of alkyl halides is 3. The number of unbranched alkanes of at least 4 members (excludes halogenated alkanes) is 4. The Kier molecular flexibility index (Phi) is 14.0. The minimum absolute atomic E-state index is 0.104. The SMILES string of the molecule is CCCCCCC1CCC(OCC2CCC(C3CCC(C4CCC(OCCCC)CC4)C(F)[C@H]3F)CC2)C(F)C1. The molecule has 0 bridgehead atoms. The third kappa shape index (κ3) is 9.35. The monoisotopic (exact) mass is 570 g/mol. The van der Waals surface area contributed by atoms with Crippen LogP contribution in [0.25, 0.3) is 0 Å². The molecule has 4 rings (SSSR count). The predicted octanol–water partition coefficient (Wildman–Crippen LogP) is 10.4. The Labute approximate surface area is 244 Å². The summed E-state index contributed by atoms with van der Waals surface area (Å²) in [5, 5.41) is 0. The van der Waals surface area contributed by atoms with E-state index < -0.39 is 18.5 Å². The molecule has 0 heterocycles. The highest BCUT2D eigenvalue weighted by Crippen LogP contribution is 2.48. The first kappa shape index (κ1) is 32.6. The second-order valence-corrected chi connectivity index (χ2v) is 14.3. The molecular formula is C35H61F3O2. The molecule has 0 saturated heterocycles. The molecule has 0 amide bonds. The molecule has 234 valence electrons. The van der Waals surface area contributed by atoms with Crippen molar-refractivity contribution < 1.29 is 22.6 Å². The fraction of sp³-hybridized carbons (Fsp3) is 1.00. The van der Waals surface area contributed by atoms with Crippen molar-refractivity contribution in [2.45, 2.75) is 173 Å². The van der Waals surface area contributed by atoms with Crippen LogP contribution in [-0.2, 0) is 9.47 Å². The van der Waals surface area contributed by atoms with Gasteiger partial charge in [0.1, 0.15) is 18.5 Å². The van der Waals surface area contributed by atoms with Crippen LogP contribution in [-0.4, -0.2) is 43.9 Å². The summed E-state index contributed by atoms with van der Waals surface area (Å²) in [5.41, 5.74) is 0. The molecule has 6 unspecified atom stereocenters. The van der Waals surface area contributed by atoms with Gasteiger partial charge in [-0.25, -0.2) is 13.2 Å². The molecule has 4 aliphatic rings. The van der Waals surface area contributed by atoms with Gasteiger partial charge in [0.15, 0.2) is 0 Å². The fourth-order valence-corrected chi connectivity index (χ4v) is 8.77. The highest BCUT2D eigenvalue weighted by atomic mass is 19.2. The van der Waals surface area contributed by atoms with Gasteiger partial charge in [-0.05, 0) is 125 Å². The Morgan fingerprint density at radius 1 is 0.575 bits per heavy atom. The third-order valence-electron chi connectivity index (χ3n) is 11.5. The maximum Gasteiger partial charge on any atom is 0.134 e. The zero-order valence-electron chi connectivity index (χ0n) is 25.9. The quantitative estimate of drug-likeness (QED) is 0.193. The van der Waals surface area contributed by atoms with Gasteiger partial charge in [0.2, 0.25) is 0 Å². The van der Waals surface area contributed by atoms with Crippen molar-refractivity contribution >= 4 is 0 Å². The average molecular weight is 571 g/mol. The maximum absolute atomic E-state index is 15.5. The molecule has 0 aromatic rings. The van der Waals surface area contributed by atoms with Crippen LogP contribution < -0.4 is 0 Å². The lowest BCUT2D eigenvalue weighted by atomic mass is 9.64. The van der Waals surface area contributed by atoms with Gasteiger partial charge in [-0.1, -0.05) is 52.4 Å². The number of hydrogen-bond donors (Lipinski definition) is 0. The van der Waals surface area contributed by atoms with Crippen molar-refractivity contribution in [3.05, 3.63) is 0 Å². The van der Waals surface area contributed by atoms with Crippen LogP contribution >= 0.6 is 0 Å². The van der Waals surface area contributed by atoms with Gasteiger partial charge >= 0.3 is 0 Å². The van der Waals surface area contributed by atoms with E-state index in [1.54, 1.807) is 0 Å². The summed E-state index contributed by atoms with van der Waals surface area (Å²) in [5.74, 6) is 1.37. The molecule has 2 nitrogen and oxygen atoms in total. The van der Waals surface area contributed by atoms with Gasteiger partial charge < -0.3 is 9.47 Å². The number of halogens is 3. The Hall–Kier alpha value is -0.290. The van der Waals surface area contributed by atoms with E-state index in [0.717, 1.165) is 96.5 Å². The molecule has 0 aromatic carbocycles. The summed E-state index contributed by atoms with van der Waals surface area (Å²) in [6.45, 7) is 5.88. The van der Waals surface area contributed by atoms with Gasteiger partial charge in [-0.3, -0.25) is 0 Å². The van der Waals surface area contributed by atoms with Gasteiger partial charge in [0.25, 0.3) is 0 Å². The lowest BCUT2D eigenvalue weighted by Gasteiger charge is -2.44. The van der Waals surface area contributed by atoms with Crippen LogP contribution in [0.5, 0.6) is 0 Å². The van der Waals surface area contributed by atoms with Crippen molar-refractivity contribution in [1.29, 1.82) is 0 Å². The summed E-state index contributed by atoms with van der Waals surface area (Å²) in [7, 11) is 0. The lowest BCUT2D eigenvalue weighted by molar-refractivity contribution is -0.0643. The molecule has 4 aliphatic carbocycles. The summed E-state index contributed by atoms with van der Waals surface area (Å²) in [4.78, 5) is 0.